The highest BCUT2D eigenvalue weighted by Gasteiger charge is 2.09. The van der Waals surface area contributed by atoms with Gasteiger partial charge in [0.1, 0.15) is 0 Å². The van der Waals surface area contributed by atoms with Crippen LogP contribution in [0.25, 0.3) is 17.0 Å². The fourth-order valence-corrected chi connectivity index (χ4v) is 2.96. The minimum atomic E-state index is -0.0669. The van der Waals surface area contributed by atoms with E-state index in [9.17, 15) is 4.79 Å². The Bertz CT molecular complexity index is 989. The molecule has 132 valence electrons. The number of nitriles is 1. The molecule has 0 aliphatic rings. The van der Waals surface area contributed by atoms with E-state index in [1.165, 1.54) is 0 Å². The molecule has 0 aliphatic carbocycles. The Labute approximate surface area is 152 Å². The van der Waals surface area contributed by atoms with Crippen molar-refractivity contribution in [3.63, 3.8) is 0 Å². The molecule has 6 heteroatoms. The zero-order chi connectivity index (χ0) is 18.5. The van der Waals surface area contributed by atoms with Crippen LogP contribution in [0.2, 0.25) is 0 Å². The Morgan fingerprint density at radius 2 is 2.15 bits per heavy atom. The monoisotopic (exact) mass is 347 g/mol. The van der Waals surface area contributed by atoms with Crippen LogP contribution >= 0.6 is 0 Å². The third-order valence-electron chi connectivity index (χ3n) is 4.24. The summed E-state index contributed by atoms with van der Waals surface area (Å²) < 4.78 is 3.78. The summed E-state index contributed by atoms with van der Waals surface area (Å²) in [6.07, 6.45) is 9.54. The SMILES string of the molecule is CN(Cc1cnn(C)c1)C(=O)C=Cc1cn(CCC#N)c2ccccc12. The first kappa shape index (κ1) is 17.5. The number of aryl methyl sites for hydroxylation is 2. The van der Waals surface area contributed by atoms with Gasteiger partial charge in [0, 0.05) is 67.7 Å². The number of likely N-dealkylation sites (N-methyl/N-ethyl adjacent to an activating group) is 1. The van der Waals surface area contributed by atoms with Crippen LogP contribution in [0.15, 0.2) is 48.9 Å². The number of aromatic nitrogens is 3. The highest BCUT2D eigenvalue weighted by Crippen LogP contribution is 2.23. The van der Waals surface area contributed by atoms with E-state index in [1.54, 1.807) is 28.9 Å². The van der Waals surface area contributed by atoms with Crippen molar-refractivity contribution >= 4 is 22.9 Å². The summed E-state index contributed by atoms with van der Waals surface area (Å²) in [5.41, 5.74) is 3.03. The summed E-state index contributed by atoms with van der Waals surface area (Å²) in [4.78, 5) is 14.1. The van der Waals surface area contributed by atoms with Gasteiger partial charge < -0.3 is 9.47 Å². The molecule has 2 aromatic heterocycles. The average molecular weight is 347 g/mol. The number of carbonyl (C=O) groups is 1. The molecule has 0 spiro atoms. The molecule has 1 aromatic carbocycles. The van der Waals surface area contributed by atoms with E-state index in [2.05, 4.69) is 15.7 Å². The predicted octanol–water partition coefficient (Wildman–Crippen LogP) is 2.96. The zero-order valence-electron chi connectivity index (χ0n) is 15.0. The minimum absolute atomic E-state index is 0.0669. The summed E-state index contributed by atoms with van der Waals surface area (Å²) in [5, 5.41) is 14.0. The number of benzene rings is 1. The molecule has 26 heavy (non-hydrogen) atoms. The van der Waals surface area contributed by atoms with Gasteiger partial charge in [0.15, 0.2) is 0 Å². The molecule has 1 amide bonds. The molecule has 3 rings (SSSR count). The summed E-state index contributed by atoms with van der Waals surface area (Å²) in [5.74, 6) is -0.0669. The number of fused-ring (bicyclic) bond motifs is 1. The highest BCUT2D eigenvalue weighted by molar-refractivity contribution is 5.96. The summed E-state index contributed by atoms with van der Waals surface area (Å²) in [6.45, 7) is 1.15. The van der Waals surface area contributed by atoms with Gasteiger partial charge in [-0.1, -0.05) is 18.2 Å². The highest BCUT2D eigenvalue weighted by atomic mass is 16.2. The van der Waals surface area contributed by atoms with Crippen molar-refractivity contribution < 1.29 is 4.79 Å². The molecule has 0 aliphatic heterocycles. The second-order valence-corrected chi connectivity index (χ2v) is 6.25. The van der Waals surface area contributed by atoms with Crippen LogP contribution in [0, 0.1) is 11.3 Å². The second kappa shape index (κ2) is 7.70. The van der Waals surface area contributed by atoms with Crippen molar-refractivity contribution in [3.05, 3.63) is 60.1 Å². The van der Waals surface area contributed by atoms with Gasteiger partial charge in [0.05, 0.1) is 18.7 Å². The third kappa shape index (κ3) is 3.83. The third-order valence-corrected chi connectivity index (χ3v) is 4.24. The lowest BCUT2D eigenvalue weighted by atomic mass is 10.1. The van der Waals surface area contributed by atoms with Crippen LogP contribution in [-0.2, 0) is 24.9 Å². The van der Waals surface area contributed by atoms with E-state index in [4.69, 9.17) is 5.26 Å². The first-order valence-corrected chi connectivity index (χ1v) is 8.44. The van der Waals surface area contributed by atoms with Crippen LogP contribution in [-0.4, -0.2) is 32.2 Å². The molecule has 6 nitrogen and oxygen atoms in total. The average Bonchev–Trinajstić information content (AvgIpc) is 3.21. The number of para-hydroxylation sites is 1. The topological polar surface area (TPSA) is 66.8 Å². The number of amides is 1. The molecule has 0 N–H and O–H groups in total. The maximum atomic E-state index is 12.4. The first-order chi connectivity index (χ1) is 12.6. The van der Waals surface area contributed by atoms with Crippen LogP contribution < -0.4 is 0 Å². The molecule has 0 saturated heterocycles. The van der Waals surface area contributed by atoms with Crippen LogP contribution in [0.3, 0.4) is 0 Å². The molecular weight excluding hydrogens is 326 g/mol. The molecule has 0 saturated carbocycles. The number of rotatable bonds is 6. The molecule has 2 heterocycles. The normalized spacial score (nSPS) is 11.1. The van der Waals surface area contributed by atoms with Gasteiger partial charge in [0.2, 0.25) is 5.91 Å². The first-order valence-electron chi connectivity index (χ1n) is 8.44. The number of hydrogen-bond donors (Lipinski definition) is 0. The van der Waals surface area contributed by atoms with Crippen molar-refractivity contribution in [1.29, 1.82) is 5.26 Å². The largest absolute Gasteiger partial charge is 0.346 e. The number of carbonyl (C=O) groups excluding carboxylic acids is 1. The van der Waals surface area contributed by atoms with E-state index < -0.39 is 0 Å². The lowest BCUT2D eigenvalue weighted by Gasteiger charge is -2.13. The summed E-state index contributed by atoms with van der Waals surface area (Å²) in [7, 11) is 3.63. The Hall–Kier alpha value is -3.33. The van der Waals surface area contributed by atoms with E-state index in [-0.39, 0.29) is 5.91 Å². The molecule has 0 unspecified atom stereocenters. The van der Waals surface area contributed by atoms with E-state index >= 15 is 0 Å². The van der Waals surface area contributed by atoms with Crippen LogP contribution in [0.1, 0.15) is 17.5 Å². The smallest absolute Gasteiger partial charge is 0.246 e. The van der Waals surface area contributed by atoms with Gasteiger partial charge in [0.25, 0.3) is 0 Å². The van der Waals surface area contributed by atoms with E-state index in [1.807, 2.05) is 49.8 Å². The zero-order valence-corrected chi connectivity index (χ0v) is 15.0. The number of nitrogens with zero attached hydrogens (tertiary/aromatic N) is 5. The van der Waals surface area contributed by atoms with Crippen LogP contribution in [0.5, 0.6) is 0 Å². The summed E-state index contributed by atoms with van der Waals surface area (Å²) >= 11 is 0. The Morgan fingerprint density at radius 3 is 2.88 bits per heavy atom. The van der Waals surface area contributed by atoms with Gasteiger partial charge in [-0.3, -0.25) is 9.48 Å². The Kier molecular flexibility index (Phi) is 5.18. The summed E-state index contributed by atoms with van der Waals surface area (Å²) in [6, 6.07) is 10.2. The van der Waals surface area contributed by atoms with Gasteiger partial charge >= 0.3 is 0 Å². The maximum absolute atomic E-state index is 12.4. The van der Waals surface area contributed by atoms with Gasteiger partial charge in [-0.05, 0) is 12.1 Å². The second-order valence-electron chi connectivity index (χ2n) is 6.25. The van der Waals surface area contributed by atoms with Crippen molar-refractivity contribution in [2.75, 3.05) is 7.05 Å². The lowest BCUT2D eigenvalue weighted by molar-refractivity contribution is -0.125. The molecule has 0 radical (unpaired) electrons. The minimum Gasteiger partial charge on any atom is -0.346 e. The maximum Gasteiger partial charge on any atom is 0.246 e. The molecule has 3 aromatic rings. The van der Waals surface area contributed by atoms with Crippen molar-refractivity contribution in [2.24, 2.45) is 7.05 Å². The van der Waals surface area contributed by atoms with Crippen molar-refractivity contribution in [1.82, 2.24) is 19.2 Å². The molecule has 0 bridgehead atoms. The van der Waals surface area contributed by atoms with Gasteiger partial charge in [-0.15, -0.1) is 0 Å². The van der Waals surface area contributed by atoms with Gasteiger partial charge in [-0.25, -0.2) is 0 Å². The van der Waals surface area contributed by atoms with E-state index in [0.29, 0.717) is 19.5 Å². The van der Waals surface area contributed by atoms with Crippen LogP contribution in [0.4, 0.5) is 0 Å². The Balaban J connectivity index is 1.77. The van der Waals surface area contributed by atoms with Crippen molar-refractivity contribution in [3.8, 4) is 6.07 Å². The molecular formula is C20H21N5O. The van der Waals surface area contributed by atoms with Crippen molar-refractivity contribution in [2.45, 2.75) is 19.5 Å². The molecule has 0 fully saturated rings. The fraction of sp³-hybridized carbons (Fsp3) is 0.250. The van der Waals surface area contributed by atoms with Gasteiger partial charge in [-0.2, -0.15) is 10.4 Å². The Morgan fingerprint density at radius 1 is 1.35 bits per heavy atom. The molecule has 0 atom stereocenters. The lowest BCUT2D eigenvalue weighted by Crippen LogP contribution is -2.23. The fourth-order valence-electron chi connectivity index (χ4n) is 2.96. The quantitative estimate of drug-likeness (QED) is 0.644. The van der Waals surface area contributed by atoms with E-state index in [0.717, 1.165) is 22.0 Å². The standard InChI is InChI=1S/C20H21N5O/c1-23(13-16-12-22-24(2)14-16)20(26)9-8-17-15-25(11-5-10-21)19-7-4-3-6-18(17)19/h3-4,6-9,12,14-15H,5,11,13H2,1-2H3. The predicted molar refractivity (Wildman–Crippen MR) is 101 cm³/mol. The number of hydrogen-bond acceptors (Lipinski definition) is 3.